The minimum absolute atomic E-state index is 0.0823. The molecule has 1 amide bonds. The smallest absolute Gasteiger partial charge is 0.255 e. The van der Waals surface area contributed by atoms with E-state index in [0.717, 1.165) is 5.69 Å². The summed E-state index contributed by atoms with van der Waals surface area (Å²) in [5, 5.41) is 3.55. The molecule has 0 radical (unpaired) electrons. The molecule has 20 heavy (non-hydrogen) atoms. The van der Waals surface area contributed by atoms with Gasteiger partial charge >= 0.3 is 0 Å². The van der Waals surface area contributed by atoms with Crippen molar-refractivity contribution in [3.05, 3.63) is 24.3 Å². The molecule has 1 aromatic carbocycles. The first kappa shape index (κ1) is 14.7. The molecular weight excluding hydrogens is 252 g/mol. The third-order valence-corrected chi connectivity index (χ3v) is 3.93. The molecule has 1 aliphatic carbocycles. The number of nitrogens with one attached hydrogen (secondary N) is 1. The van der Waals surface area contributed by atoms with E-state index < -0.39 is 5.91 Å². The van der Waals surface area contributed by atoms with Crippen LogP contribution in [0, 0.1) is 5.41 Å². The van der Waals surface area contributed by atoms with Gasteiger partial charge in [0.25, 0.3) is 5.91 Å². The van der Waals surface area contributed by atoms with Gasteiger partial charge in [-0.25, -0.2) is 0 Å². The number of carbonyl (C=O) groups is 1. The first-order valence-corrected chi connectivity index (χ1v) is 7.22. The quantitative estimate of drug-likeness (QED) is 0.869. The number of benzene rings is 1. The zero-order chi connectivity index (χ0) is 14.6. The van der Waals surface area contributed by atoms with E-state index in [1.54, 1.807) is 0 Å². The Kier molecular flexibility index (Phi) is 4.53. The van der Waals surface area contributed by atoms with Crippen LogP contribution < -0.4 is 15.8 Å². The third-order valence-electron chi connectivity index (χ3n) is 3.93. The van der Waals surface area contributed by atoms with Gasteiger partial charge in [-0.1, -0.05) is 19.9 Å². The zero-order valence-electron chi connectivity index (χ0n) is 12.3. The lowest BCUT2D eigenvalue weighted by Crippen LogP contribution is -2.29. The number of hydrogen-bond acceptors (Lipinski definition) is 3. The summed E-state index contributed by atoms with van der Waals surface area (Å²) in [6, 6.07) is 8.22. The van der Waals surface area contributed by atoms with Gasteiger partial charge in [0, 0.05) is 17.8 Å². The summed E-state index contributed by atoms with van der Waals surface area (Å²) in [5.41, 5.74) is 6.59. The first-order valence-electron chi connectivity index (χ1n) is 7.22. The summed E-state index contributed by atoms with van der Waals surface area (Å²) >= 11 is 0. The lowest BCUT2D eigenvalue weighted by Gasteiger charge is -2.35. The van der Waals surface area contributed by atoms with Gasteiger partial charge < -0.3 is 15.8 Å². The van der Waals surface area contributed by atoms with Crippen molar-refractivity contribution >= 4 is 11.6 Å². The van der Waals surface area contributed by atoms with Crippen LogP contribution in [0.1, 0.15) is 39.5 Å². The van der Waals surface area contributed by atoms with Gasteiger partial charge in [-0.2, -0.15) is 0 Å². The Labute approximate surface area is 120 Å². The van der Waals surface area contributed by atoms with E-state index in [1.165, 1.54) is 25.7 Å². The van der Waals surface area contributed by atoms with E-state index in [9.17, 15) is 4.79 Å². The number of carbonyl (C=O) groups excluding carboxylic acids is 1. The number of rotatable bonds is 5. The second-order valence-corrected chi connectivity index (χ2v) is 6.37. The van der Waals surface area contributed by atoms with E-state index >= 15 is 0 Å². The molecule has 2 rings (SSSR count). The van der Waals surface area contributed by atoms with Crippen molar-refractivity contribution in [2.45, 2.75) is 45.6 Å². The molecule has 110 valence electrons. The van der Waals surface area contributed by atoms with Crippen LogP contribution in [0.5, 0.6) is 5.75 Å². The van der Waals surface area contributed by atoms with Crippen LogP contribution in [0.2, 0.25) is 0 Å². The first-order chi connectivity index (χ1) is 9.44. The van der Waals surface area contributed by atoms with E-state index in [4.69, 9.17) is 10.5 Å². The van der Waals surface area contributed by atoms with Gasteiger partial charge in [0.15, 0.2) is 6.61 Å². The highest BCUT2D eigenvalue weighted by atomic mass is 16.5. The van der Waals surface area contributed by atoms with Crippen molar-refractivity contribution in [2.24, 2.45) is 11.1 Å². The molecule has 3 N–H and O–H groups in total. The van der Waals surface area contributed by atoms with Crippen LogP contribution in [-0.4, -0.2) is 18.6 Å². The fourth-order valence-corrected chi connectivity index (χ4v) is 2.61. The van der Waals surface area contributed by atoms with Gasteiger partial charge in [0.1, 0.15) is 5.75 Å². The van der Waals surface area contributed by atoms with E-state index in [2.05, 4.69) is 19.2 Å². The number of ether oxygens (including phenoxy) is 1. The molecule has 1 aromatic rings. The van der Waals surface area contributed by atoms with Gasteiger partial charge in [-0.05, 0) is 43.2 Å². The lowest BCUT2D eigenvalue weighted by atomic mass is 9.75. The molecule has 0 aromatic heterocycles. The molecule has 0 unspecified atom stereocenters. The maximum atomic E-state index is 10.7. The molecule has 0 atom stereocenters. The highest BCUT2D eigenvalue weighted by Gasteiger charge is 2.26. The molecule has 0 aliphatic heterocycles. The molecule has 0 heterocycles. The van der Waals surface area contributed by atoms with Gasteiger partial charge in [-0.3, -0.25) is 4.79 Å². The summed E-state index contributed by atoms with van der Waals surface area (Å²) in [4.78, 5) is 10.7. The number of hydrogen-bond donors (Lipinski definition) is 2. The van der Waals surface area contributed by atoms with Crippen molar-refractivity contribution < 1.29 is 9.53 Å². The Hall–Kier alpha value is -1.71. The largest absolute Gasteiger partial charge is 0.484 e. The van der Waals surface area contributed by atoms with Gasteiger partial charge in [-0.15, -0.1) is 0 Å². The molecule has 1 fully saturated rings. The summed E-state index contributed by atoms with van der Waals surface area (Å²) in [7, 11) is 0. The predicted molar refractivity (Wildman–Crippen MR) is 80.8 cm³/mol. The third kappa shape index (κ3) is 4.44. The average Bonchev–Trinajstić information content (AvgIpc) is 2.39. The van der Waals surface area contributed by atoms with Crippen LogP contribution in [0.4, 0.5) is 5.69 Å². The summed E-state index contributed by atoms with van der Waals surface area (Å²) < 4.78 is 5.32. The molecule has 0 bridgehead atoms. The Morgan fingerprint density at radius 3 is 2.75 bits per heavy atom. The van der Waals surface area contributed by atoms with Crippen LogP contribution >= 0.6 is 0 Å². The SMILES string of the molecule is CC1(C)CCC(Nc2cccc(OCC(N)=O)c2)CC1. The van der Waals surface area contributed by atoms with E-state index in [1.807, 2.05) is 24.3 Å². The monoisotopic (exact) mass is 276 g/mol. The zero-order valence-corrected chi connectivity index (χ0v) is 12.3. The van der Waals surface area contributed by atoms with Crippen LogP contribution in [-0.2, 0) is 4.79 Å². The molecular formula is C16H24N2O2. The predicted octanol–water partition coefficient (Wildman–Crippen LogP) is 2.93. The minimum atomic E-state index is -0.460. The molecule has 1 saturated carbocycles. The minimum Gasteiger partial charge on any atom is -0.484 e. The average molecular weight is 276 g/mol. The van der Waals surface area contributed by atoms with Crippen LogP contribution in [0.25, 0.3) is 0 Å². The second-order valence-electron chi connectivity index (χ2n) is 6.37. The highest BCUT2D eigenvalue weighted by Crippen LogP contribution is 2.36. The molecule has 4 heteroatoms. The fraction of sp³-hybridized carbons (Fsp3) is 0.562. The molecule has 0 spiro atoms. The maximum absolute atomic E-state index is 10.7. The summed E-state index contributed by atoms with van der Waals surface area (Å²) in [6.07, 6.45) is 4.89. The molecule has 0 saturated heterocycles. The Bertz CT molecular complexity index is 461. The molecule has 1 aliphatic rings. The lowest BCUT2D eigenvalue weighted by molar-refractivity contribution is -0.119. The van der Waals surface area contributed by atoms with Crippen molar-refractivity contribution in [2.75, 3.05) is 11.9 Å². The topological polar surface area (TPSA) is 64.3 Å². The van der Waals surface area contributed by atoms with Crippen molar-refractivity contribution in [1.82, 2.24) is 0 Å². The van der Waals surface area contributed by atoms with Crippen molar-refractivity contribution in [3.8, 4) is 5.75 Å². The van der Waals surface area contributed by atoms with Gasteiger partial charge in [0.05, 0.1) is 0 Å². The number of anilines is 1. The standard InChI is InChI=1S/C16H24N2O2/c1-16(2)8-6-12(7-9-16)18-13-4-3-5-14(10-13)20-11-15(17)19/h3-5,10,12,18H,6-9,11H2,1-2H3,(H2,17,19). The Morgan fingerprint density at radius 2 is 2.10 bits per heavy atom. The summed E-state index contributed by atoms with van der Waals surface area (Å²) in [6.45, 7) is 4.59. The highest BCUT2D eigenvalue weighted by molar-refractivity contribution is 5.75. The van der Waals surface area contributed by atoms with Crippen LogP contribution in [0.3, 0.4) is 0 Å². The van der Waals surface area contributed by atoms with E-state index in [-0.39, 0.29) is 6.61 Å². The van der Waals surface area contributed by atoms with E-state index in [0.29, 0.717) is 17.2 Å². The molecule has 4 nitrogen and oxygen atoms in total. The Morgan fingerprint density at radius 1 is 1.40 bits per heavy atom. The number of amides is 1. The van der Waals surface area contributed by atoms with Crippen molar-refractivity contribution in [1.29, 1.82) is 0 Å². The Balaban J connectivity index is 1.90. The number of nitrogens with two attached hydrogens (primary N) is 1. The van der Waals surface area contributed by atoms with Crippen LogP contribution in [0.15, 0.2) is 24.3 Å². The normalized spacial score (nSPS) is 18.5. The second kappa shape index (κ2) is 6.16. The fourth-order valence-electron chi connectivity index (χ4n) is 2.61. The van der Waals surface area contributed by atoms with Crippen molar-refractivity contribution in [3.63, 3.8) is 0 Å². The van der Waals surface area contributed by atoms with Gasteiger partial charge in [0.2, 0.25) is 0 Å². The summed E-state index contributed by atoms with van der Waals surface area (Å²) in [5.74, 6) is 0.211. The number of primary amides is 1. The maximum Gasteiger partial charge on any atom is 0.255 e.